The van der Waals surface area contributed by atoms with E-state index in [2.05, 4.69) is 25.2 Å². The van der Waals surface area contributed by atoms with Crippen molar-refractivity contribution in [2.45, 2.75) is 46.2 Å². The molecular weight excluding hydrogens is 332 g/mol. The summed E-state index contributed by atoms with van der Waals surface area (Å²) < 4.78 is 1.28. The first-order valence-electron chi connectivity index (χ1n) is 8.90. The third-order valence-electron chi connectivity index (χ3n) is 4.34. The van der Waals surface area contributed by atoms with Gasteiger partial charge in [0.2, 0.25) is 5.91 Å². The number of aromatic nitrogens is 4. The molecule has 8 heteroatoms. The number of nitrogens with zero attached hydrogens (tertiary/aromatic N) is 5. The number of amides is 1. The fourth-order valence-corrected chi connectivity index (χ4v) is 3.00. The van der Waals surface area contributed by atoms with Crippen molar-refractivity contribution in [2.75, 3.05) is 18.0 Å². The predicted molar refractivity (Wildman–Crippen MR) is 97.9 cm³/mol. The van der Waals surface area contributed by atoms with E-state index in [1.54, 1.807) is 6.92 Å². The van der Waals surface area contributed by atoms with Crippen molar-refractivity contribution in [1.82, 2.24) is 24.8 Å². The zero-order valence-corrected chi connectivity index (χ0v) is 15.2. The lowest BCUT2D eigenvalue weighted by molar-refractivity contribution is -0.121. The van der Waals surface area contributed by atoms with Gasteiger partial charge in [-0.1, -0.05) is 0 Å². The van der Waals surface area contributed by atoms with Crippen molar-refractivity contribution in [2.24, 2.45) is 0 Å². The van der Waals surface area contributed by atoms with Crippen molar-refractivity contribution >= 4 is 11.7 Å². The Balaban J connectivity index is 1.62. The molecule has 26 heavy (non-hydrogen) atoms. The van der Waals surface area contributed by atoms with Crippen LogP contribution in [0.2, 0.25) is 0 Å². The zero-order chi connectivity index (χ0) is 18.5. The van der Waals surface area contributed by atoms with E-state index in [9.17, 15) is 9.59 Å². The van der Waals surface area contributed by atoms with Crippen LogP contribution in [0.25, 0.3) is 0 Å². The van der Waals surface area contributed by atoms with Crippen LogP contribution in [0.4, 0.5) is 5.82 Å². The summed E-state index contributed by atoms with van der Waals surface area (Å²) in [7, 11) is 0. The van der Waals surface area contributed by atoms with E-state index >= 15 is 0 Å². The molecule has 138 valence electrons. The van der Waals surface area contributed by atoms with Crippen LogP contribution in [0.5, 0.6) is 0 Å². The second kappa shape index (κ2) is 8.07. The van der Waals surface area contributed by atoms with Crippen LogP contribution in [-0.2, 0) is 17.9 Å². The second-order valence-electron chi connectivity index (χ2n) is 6.60. The molecule has 0 saturated carbocycles. The molecule has 1 aliphatic heterocycles. The molecule has 3 heterocycles. The van der Waals surface area contributed by atoms with Gasteiger partial charge >= 0.3 is 0 Å². The monoisotopic (exact) mass is 356 g/mol. The number of piperidine rings is 1. The Morgan fingerprint density at radius 1 is 1.12 bits per heavy atom. The van der Waals surface area contributed by atoms with Crippen LogP contribution in [0.15, 0.2) is 23.3 Å². The molecule has 0 radical (unpaired) electrons. The molecule has 1 fully saturated rings. The molecule has 2 aromatic heterocycles. The third kappa shape index (κ3) is 4.65. The number of carbonyl (C=O) groups is 1. The minimum absolute atomic E-state index is 0.0725. The summed E-state index contributed by atoms with van der Waals surface area (Å²) in [5.41, 5.74) is 1.26. The Hall–Kier alpha value is -2.77. The molecule has 8 nitrogen and oxygen atoms in total. The minimum atomic E-state index is -0.276. The van der Waals surface area contributed by atoms with E-state index in [4.69, 9.17) is 0 Å². The molecule has 0 atom stereocenters. The average molecular weight is 356 g/mol. The van der Waals surface area contributed by atoms with Gasteiger partial charge in [0.15, 0.2) is 0 Å². The zero-order valence-electron chi connectivity index (χ0n) is 15.2. The lowest BCUT2D eigenvalue weighted by atomic mass is 10.1. The van der Waals surface area contributed by atoms with Crippen molar-refractivity contribution in [3.05, 3.63) is 46.0 Å². The standard InChI is InChI=1S/C18H24N6O2/c1-13-9-18(26)24(12-20-13)11-17(25)19-10-15-21-14(2)8-16(22-15)23-6-4-3-5-7-23/h8-9,12H,3-7,10-11H2,1-2H3,(H,19,25). The summed E-state index contributed by atoms with van der Waals surface area (Å²) in [6.07, 6.45) is 4.99. The van der Waals surface area contributed by atoms with Crippen LogP contribution < -0.4 is 15.8 Å². The number of nitrogens with one attached hydrogen (secondary N) is 1. The predicted octanol–water partition coefficient (Wildman–Crippen LogP) is 0.957. The van der Waals surface area contributed by atoms with Crippen molar-refractivity contribution in [1.29, 1.82) is 0 Å². The van der Waals surface area contributed by atoms with Gasteiger partial charge in [-0.25, -0.2) is 15.0 Å². The second-order valence-corrected chi connectivity index (χ2v) is 6.60. The van der Waals surface area contributed by atoms with Gasteiger partial charge in [0.25, 0.3) is 5.56 Å². The average Bonchev–Trinajstić information content (AvgIpc) is 2.63. The summed E-state index contributed by atoms with van der Waals surface area (Å²) in [6.45, 7) is 5.84. The van der Waals surface area contributed by atoms with E-state index in [-0.39, 0.29) is 24.6 Å². The molecule has 0 spiro atoms. The Labute approximate surface area is 152 Å². The lowest BCUT2D eigenvalue weighted by Gasteiger charge is -2.28. The summed E-state index contributed by atoms with van der Waals surface area (Å²) in [5.74, 6) is 1.22. The van der Waals surface area contributed by atoms with Gasteiger partial charge in [-0.15, -0.1) is 0 Å². The van der Waals surface area contributed by atoms with Gasteiger partial charge in [-0.3, -0.25) is 14.2 Å². The number of anilines is 1. The maximum atomic E-state index is 12.1. The van der Waals surface area contributed by atoms with E-state index in [0.29, 0.717) is 11.5 Å². The highest BCUT2D eigenvalue weighted by Crippen LogP contribution is 2.18. The maximum Gasteiger partial charge on any atom is 0.253 e. The van der Waals surface area contributed by atoms with Gasteiger partial charge < -0.3 is 10.2 Å². The highest BCUT2D eigenvalue weighted by atomic mass is 16.2. The largest absolute Gasteiger partial charge is 0.357 e. The molecule has 0 aromatic carbocycles. The lowest BCUT2D eigenvalue weighted by Crippen LogP contribution is -2.33. The Kier molecular flexibility index (Phi) is 5.60. The highest BCUT2D eigenvalue weighted by molar-refractivity contribution is 5.75. The normalized spacial score (nSPS) is 14.3. The summed E-state index contributed by atoms with van der Waals surface area (Å²) in [5, 5.41) is 2.78. The van der Waals surface area contributed by atoms with E-state index < -0.39 is 0 Å². The topological polar surface area (TPSA) is 93.0 Å². The summed E-state index contributed by atoms with van der Waals surface area (Å²) >= 11 is 0. The van der Waals surface area contributed by atoms with E-state index in [1.165, 1.54) is 36.2 Å². The molecule has 1 saturated heterocycles. The van der Waals surface area contributed by atoms with Crippen LogP contribution >= 0.6 is 0 Å². The third-order valence-corrected chi connectivity index (χ3v) is 4.34. The van der Waals surface area contributed by atoms with E-state index in [0.717, 1.165) is 24.6 Å². The highest BCUT2D eigenvalue weighted by Gasteiger charge is 2.14. The SMILES string of the molecule is Cc1cc(=O)n(CC(=O)NCc2nc(C)cc(N3CCCCC3)n2)cn1. The number of aryl methyl sites for hydroxylation is 2. The Morgan fingerprint density at radius 3 is 2.62 bits per heavy atom. The quantitative estimate of drug-likeness (QED) is 0.858. The van der Waals surface area contributed by atoms with Crippen LogP contribution in [0.3, 0.4) is 0 Å². The van der Waals surface area contributed by atoms with Crippen molar-refractivity contribution < 1.29 is 4.79 Å². The smallest absolute Gasteiger partial charge is 0.253 e. The first-order valence-corrected chi connectivity index (χ1v) is 8.90. The molecule has 0 bridgehead atoms. The summed E-state index contributed by atoms with van der Waals surface area (Å²) in [4.78, 5) is 39.2. The van der Waals surface area contributed by atoms with Gasteiger partial charge in [0.05, 0.1) is 12.9 Å². The van der Waals surface area contributed by atoms with Gasteiger partial charge in [0, 0.05) is 36.6 Å². The first kappa shape index (κ1) is 18.0. The van der Waals surface area contributed by atoms with Crippen LogP contribution in [0, 0.1) is 13.8 Å². The minimum Gasteiger partial charge on any atom is -0.357 e. The molecule has 1 amide bonds. The molecule has 1 N–H and O–H groups in total. The van der Waals surface area contributed by atoms with Gasteiger partial charge in [-0.05, 0) is 33.1 Å². The molecule has 2 aromatic rings. The Morgan fingerprint density at radius 2 is 1.88 bits per heavy atom. The summed E-state index contributed by atoms with van der Waals surface area (Å²) in [6, 6.07) is 3.38. The van der Waals surface area contributed by atoms with Gasteiger partial charge in [0.1, 0.15) is 18.2 Å². The fraction of sp³-hybridized carbons (Fsp3) is 0.500. The van der Waals surface area contributed by atoms with Gasteiger partial charge in [-0.2, -0.15) is 0 Å². The number of hydrogen-bond acceptors (Lipinski definition) is 6. The molecule has 3 rings (SSSR count). The van der Waals surface area contributed by atoms with Crippen molar-refractivity contribution in [3.8, 4) is 0 Å². The van der Waals surface area contributed by atoms with Crippen LogP contribution in [0.1, 0.15) is 36.5 Å². The molecule has 0 unspecified atom stereocenters. The molecular formula is C18H24N6O2. The molecule has 1 aliphatic rings. The van der Waals surface area contributed by atoms with Crippen LogP contribution in [-0.4, -0.2) is 38.5 Å². The number of rotatable bonds is 5. The molecule has 0 aliphatic carbocycles. The maximum absolute atomic E-state index is 12.1. The number of carbonyl (C=O) groups excluding carboxylic acids is 1. The first-order chi connectivity index (χ1) is 12.5. The number of hydrogen-bond donors (Lipinski definition) is 1. The Bertz CT molecular complexity index is 842. The van der Waals surface area contributed by atoms with E-state index in [1.807, 2.05) is 13.0 Å². The fourth-order valence-electron chi connectivity index (χ4n) is 3.00. The van der Waals surface area contributed by atoms with Crippen molar-refractivity contribution in [3.63, 3.8) is 0 Å².